The number of isocyanates is 1. The molecule has 0 amide bonds. The van der Waals surface area contributed by atoms with Crippen molar-refractivity contribution in [3.63, 3.8) is 0 Å². The number of carbonyl (C=O) groups excluding carboxylic acids is 1. The van der Waals surface area contributed by atoms with E-state index >= 15 is 0 Å². The fourth-order valence-electron chi connectivity index (χ4n) is 1.60. The summed E-state index contributed by atoms with van der Waals surface area (Å²) in [6.45, 7) is 2.30. The average molecular weight is 205 g/mol. The minimum atomic E-state index is 0.231. The van der Waals surface area contributed by atoms with Gasteiger partial charge in [-0.1, -0.05) is 13.3 Å². The third-order valence-corrected chi connectivity index (χ3v) is 2.26. The van der Waals surface area contributed by atoms with Crippen LogP contribution in [0.15, 0.2) is 17.1 Å². The number of nitrogens with zero attached hydrogens (tertiary/aromatic N) is 1. The summed E-state index contributed by atoms with van der Waals surface area (Å²) in [5, 5.41) is 0. The molecule has 0 bridgehead atoms. The van der Waals surface area contributed by atoms with Gasteiger partial charge in [-0.2, -0.15) is 4.99 Å². The zero-order valence-corrected chi connectivity index (χ0v) is 8.45. The molecule has 0 unspecified atom stereocenters. The highest BCUT2D eigenvalue weighted by molar-refractivity contribution is 5.61. The molecule has 0 saturated carbocycles. The third kappa shape index (κ3) is 1.85. The van der Waals surface area contributed by atoms with Gasteiger partial charge >= 0.3 is 0 Å². The van der Waals surface area contributed by atoms with Crippen LogP contribution < -0.4 is 9.47 Å². The SMILES string of the molecule is CCCc1cc2c(cc1N=C=O)OCO2. The molecule has 0 radical (unpaired) electrons. The molecular weight excluding hydrogens is 194 g/mol. The summed E-state index contributed by atoms with van der Waals surface area (Å²) in [6, 6.07) is 3.60. The first-order chi connectivity index (χ1) is 7.35. The molecular formula is C11H11NO3. The maximum Gasteiger partial charge on any atom is 0.240 e. The van der Waals surface area contributed by atoms with Crippen molar-refractivity contribution in [2.24, 2.45) is 4.99 Å². The van der Waals surface area contributed by atoms with Gasteiger partial charge in [0.25, 0.3) is 0 Å². The molecule has 0 fully saturated rings. The van der Waals surface area contributed by atoms with Crippen molar-refractivity contribution in [2.75, 3.05) is 6.79 Å². The lowest BCUT2D eigenvalue weighted by Gasteiger charge is -2.04. The molecule has 4 nitrogen and oxygen atoms in total. The fourth-order valence-corrected chi connectivity index (χ4v) is 1.60. The Morgan fingerprint density at radius 1 is 1.40 bits per heavy atom. The zero-order chi connectivity index (χ0) is 10.7. The smallest absolute Gasteiger partial charge is 0.240 e. The van der Waals surface area contributed by atoms with Crippen LogP contribution in [0.25, 0.3) is 0 Å². The van der Waals surface area contributed by atoms with Gasteiger partial charge in [0.1, 0.15) is 0 Å². The van der Waals surface area contributed by atoms with E-state index in [1.165, 1.54) is 0 Å². The normalized spacial score (nSPS) is 12.3. The van der Waals surface area contributed by atoms with Gasteiger partial charge in [0.15, 0.2) is 11.5 Å². The van der Waals surface area contributed by atoms with Crippen molar-refractivity contribution in [3.05, 3.63) is 17.7 Å². The van der Waals surface area contributed by atoms with Gasteiger partial charge in [0.05, 0.1) is 5.69 Å². The van der Waals surface area contributed by atoms with Crippen LogP contribution in [0.3, 0.4) is 0 Å². The summed E-state index contributed by atoms with van der Waals surface area (Å²) in [4.78, 5) is 13.9. The molecule has 1 aliphatic heterocycles. The molecule has 0 saturated heterocycles. The Balaban J connectivity index is 2.46. The number of fused-ring (bicyclic) bond motifs is 1. The Morgan fingerprint density at radius 2 is 2.13 bits per heavy atom. The Morgan fingerprint density at radius 3 is 2.80 bits per heavy atom. The number of aliphatic imine (C=N–C) groups is 1. The molecule has 0 aromatic heterocycles. The van der Waals surface area contributed by atoms with E-state index in [2.05, 4.69) is 11.9 Å². The molecule has 2 rings (SSSR count). The van der Waals surface area contributed by atoms with E-state index in [1.807, 2.05) is 6.07 Å². The summed E-state index contributed by atoms with van der Waals surface area (Å²) in [5.74, 6) is 1.37. The number of aryl methyl sites for hydroxylation is 1. The maximum absolute atomic E-state index is 10.3. The number of rotatable bonds is 3. The first kappa shape index (κ1) is 9.74. The second-order valence-electron chi connectivity index (χ2n) is 3.29. The van der Waals surface area contributed by atoms with Crippen molar-refractivity contribution in [2.45, 2.75) is 19.8 Å². The van der Waals surface area contributed by atoms with Gasteiger partial charge in [0.2, 0.25) is 12.9 Å². The van der Waals surface area contributed by atoms with E-state index in [4.69, 9.17) is 9.47 Å². The zero-order valence-electron chi connectivity index (χ0n) is 8.45. The van der Waals surface area contributed by atoms with Crippen molar-refractivity contribution in [1.82, 2.24) is 0 Å². The second kappa shape index (κ2) is 4.15. The van der Waals surface area contributed by atoms with Gasteiger partial charge in [-0.15, -0.1) is 0 Å². The van der Waals surface area contributed by atoms with Crippen LogP contribution in [0.5, 0.6) is 11.5 Å². The minimum absolute atomic E-state index is 0.231. The standard InChI is InChI=1S/C11H11NO3/c1-2-3-8-4-10-11(15-7-14-10)5-9(8)12-6-13/h4-5H,2-3,7H2,1H3. The quantitative estimate of drug-likeness (QED) is 0.562. The minimum Gasteiger partial charge on any atom is -0.454 e. The van der Waals surface area contributed by atoms with Gasteiger partial charge in [-0.05, 0) is 18.1 Å². The summed E-state index contributed by atoms with van der Waals surface area (Å²) >= 11 is 0. The maximum atomic E-state index is 10.3. The Hall–Kier alpha value is -1.80. The summed E-state index contributed by atoms with van der Waals surface area (Å²) in [7, 11) is 0. The highest BCUT2D eigenvalue weighted by Crippen LogP contribution is 2.38. The van der Waals surface area contributed by atoms with E-state index in [-0.39, 0.29) is 6.79 Å². The van der Waals surface area contributed by atoms with Crippen LogP contribution in [0.1, 0.15) is 18.9 Å². The van der Waals surface area contributed by atoms with Crippen molar-refractivity contribution < 1.29 is 14.3 Å². The first-order valence-electron chi connectivity index (χ1n) is 4.85. The average Bonchev–Trinajstić information content (AvgIpc) is 2.66. The lowest BCUT2D eigenvalue weighted by Crippen LogP contribution is -1.92. The Bertz CT molecular complexity index is 422. The van der Waals surface area contributed by atoms with Crippen LogP contribution in [0, 0.1) is 0 Å². The lowest BCUT2D eigenvalue weighted by atomic mass is 10.1. The molecule has 15 heavy (non-hydrogen) atoms. The number of benzene rings is 1. The van der Waals surface area contributed by atoms with E-state index in [0.717, 1.165) is 24.2 Å². The van der Waals surface area contributed by atoms with Gasteiger partial charge in [-0.25, -0.2) is 4.79 Å². The molecule has 0 spiro atoms. The summed E-state index contributed by atoms with van der Waals surface area (Å²) < 4.78 is 10.5. The third-order valence-electron chi connectivity index (χ3n) is 2.26. The van der Waals surface area contributed by atoms with Crippen LogP contribution in [-0.2, 0) is 11.2 Å². The Kier molecular flexibility index (Phi) is 2.70. The van der Waals surface area contributed by atoms with Crippen molar-refractivity contribution in [1.29, 1.82) is 0 Å². The van der Waals surface area contributed by atoms with E-state index in [9.17, 15) is 4.79 Å². The van der Waals surface area contributed by atoms with Gasteiger partial charge in [0, 0.05) is 6.07 Å². The molecule has 1 heterocycles. The van der Waals surface area contributed by atoms with Crippen molar-refractivity contribution in [3.8, 4) is 11.5 Å². The predicted octanol–water partition coefficient (Wildman–Crippen LogP) is 2.34. The van der Waals surface area contributed by atoms with Crippen LogP contribution in [0.4, 0.5) is 5.69 Å². The predicted molar refractivity (Wildman–Crippen MR) is 54.3 cm³/mol. The molecule has 0 aliphatic carbocycles. The highest BCUT2D eigenvalue weighted by Gasteiger charge is 2.16. The molecule has 4 heteroatoms. The second-order valence-corrected chi connectivity index (χ2v) is 3.29. The number of hydrogen-bond acceptors (Lipinski definition) is 4. The molecule has 1 aromatic carbocycles. The van der Waals surface area contributed by atoms with E-state index < -0.39 is 0 Å². The summed E-state index contributed by atoms with van der Waals surface area (Å²) in [5.41, 5.74) is 1.61. The van der Waals surface area contributed by atoms with E-state index in [0.29, 0.717) is 11.4 Å². The highest BCUT2D eigenvalue weighted by atomic mass is 16.7. The largest absolute Gasteiger partial charge is 0.454 e. The summed E-state index contributed by atoms with van der Waals surface area (Å²) in [6.07, 6.45) is 3.40. The molecule has 0 atom stereocenters. The molecule has 1 aliphatic rings. The fraction of sp³-hybridized carbons (Fsp3) is 0.364. The van der Waals surface area contributed by atoms with E-state index in [1.54, 1.807) is 12.1 Å². The lowest BCUT2D eigenvalue weighted by molar-refractivity contribution is 0.174. The Labute approximate surface area is 87.5 Å². The molecule has 78 valence electrons. The monoisotopic (exact) mass is 205 g/mol. The van der Waals surface area contributed by atoms with Crippen molar-refractivity contribution >= 4 is 11.8 Å². The molecule has 0 N–H and O–H groups in total. The van der Waals surface area contributed by atoms with Gasteiger partial charge < -0.3 is 9.47 Å². The number of hydrogen-bond donors (Lipinski definition) is 0. The molecule has 1 aromatic rings. The first-order valence-corrected chi connectivity index (χ1v) is 4.85. The topological polar surface area (TPSA) is 47.9 Å². The van der Waals surface area contributed by atoms with Crippen LogP contribution >= 0.6 is 0 Å². The number of ether oxygens (including phenoxy) is 2. The van der Waals surface area contributed by atoms with Crippen LogP contribution in [-0.4, -0.2) is 12.9 Å². The van der Waals surface area contributed by atoms with Gasteiger partial charge in [-0.3, -0.25) is 0 Å². The van der Waals surface area contributed by atoms with Crippen LogP contribution in [0.2, 0.25) is 0 Å².